The molecule has 0 heterocycles. The van der Waals surface area contributed by atoms with Crippen molar-refractivity contribution < 1.29 is 0 Å². The van der Waals surface area contributed by atoms with E-state index in [9.17, 15) is 4.79 Å². The van der Waals surface area contributed by atoms with Crippen molar-refractivity contribution >= 4 is 0 Å². The first-order chi connectivity index (χ1) is 8.66. The molecule has 3 aromatic rings. The molecular weight excluding hydrogens is 220 g/mol. The van der Waals surface area contributed by atoms with E-state index in [4.69, 9.17) is 0 Å². The quantitative estimate of drug-likeness (QED) is 0.657. The molecule has 0 aromatic heterocycles. The summed E-state index contributed by atoms with van der Waals surface area (Å²) in [7, 11) is 0. The second kappa shape index (κ2) is 3.95. The van der Waals surface area contributed by atoms with Gasteiger partial charge in [-0.15, -0.1) is 0 Å². The molecule has 0 radical (unpaired) electrons. The van der Waals surface area contributed by atoms with Crippen molar-refractivity contribution in [2.75, 3.05) is 0 Å². The van der Waals surface area contributed by atoms with E-state index in [1.54, 1.807) is 0 Å². The van der Waals surface area contributed by atoms with Gasteiger partial charge in [-0.05, 0) is 25.0 Å². The molecule has 3 rings (SSSR count). The minimum absolute atomic E-state index is 0.186. The fourth-order valence-corrected chi connectivity index (χ4v) is 2.32. The zero-order valence-corrected chi connectivity index (χ0v) is 10.5. The topological polar surface area (TPSA) is 17.1 Å². The van der Waals surface area contributed by atoms with Crippen LogP contribution in [-0.2, 0) is 0 Å². The summed E-state index contributed by atoms with van der Waals surface area (Å²) in [5.74, 6) is 0. The van der Waals surface area contributed by atoms with Crippen LogP contribution < -0.4 is 5.43 Å². The van der Waals surface area contributed by atoms with E-state index in [-0.39, 0.29) is 5.43 Å². The second-order valence-electron chi connectivity index (χ2n) is 4.82. The van der Waals surface area contributed by atoms with Crippen molar-refractivity contribution in [1.82, 2.24) is 0 Å². The first kappa shape index (κ1) is 11.0. The molecule has 1 heteroatoms. The monoisotopic (exact) mass is 234 g/mol. The molecule has 0 saturated carbocycles. The molecular formula is C17H14O. The fourth-order valence-electron chi connectivity index (χ4n) is 2.32. The van der Waals surface area contributed by atoms with Gasteiger partial charge in [-0.25, -0.2) is 0 Å². The molecule has 18 heavy (non-hydrogen) atoms. The normalized spacial score (nSPS) is 11.0. The summed E-state index contributed by atoms with van der Waals surface area (Å²) < 4.78 is 0. The average molecular weight is 234 g/mol. The first-order valence-corrected chi connectivity index (χ1v) is 6.10. The summed E-state index contributed by atoms with van der Waals surface area (Å²) >= 11 is 0. The highest BCUT2D eigenvalue weighted by atomic mass is 16.1. The van der Waals surface area contributed by atoms with Gasteiger partial charge >= 0.3 is 0 Å². The molecule has 0 aliphatic rings. The second-order valence-corrected chi connectivity index (χ2v) is 4.82. The first-order valence-electron chi connectivity index (χ1n) is 6.10. The number of aryl methyl sites for hydroxylation is 2. The number of benzene rings is 2. The molecule has 0 saturated heterocycles. The van der Waals surface area contributed by atoms with Crippen molar-refractivity contribution in [1.29, 1.82) is 0 Å². The van der Waals surface area contributed by atoms with Crippen LogP contribution in [0.4, 0.5) is 0 Å². The third kappa shape index (κ3) is 1.78. The van der Waals surface area contributed by atoms with Crippen molar-refractivity contribution in [3.05, 3.63) is 69.9 Å². The van der Waals surface area contributed by atoms with Crippen LogP contribution in [0.5, 0.6) is 0 Å². The van der Waals surface area contributed by atoms with E-state index in [1.165, 1.54) is 11.1 Å². The maximum absolute atomic E-state index is 12.0. The van der Waals surface area contributed by atoms with Gasteiger partial charge in [-0.1, -0.05) is 59.7 Å². The minimum atomic E-state index is 0.186. The molecule has 88 valence electrons. The van der Waals surface area contributed by atoms with Crippen LogP contribution in [0, 0.1) is 13.8 Å². The van der Waals surface area contributed by atoms with Crippen LogP contribution in [-0.4, -0.2) is 0 Å². The molecule has 1 nitrogen and oxygen atoms in total. The van der Waals surface area contributed by atoms with Gasteiger partial charge in [0, 0.05) is 11.1 Å². The lowest BCUT2D eigenvalue weighted by atomic mass is 10.1. The molecule has 0 aliphatic heterocycles. The molecule has 0 N–H and O–H groups in total. The maximum Gasteiger partial charge on any atom is 0.195 e. The summed E-state index contributed by atoms with van der Waals surface area (Å²) in [6, 6.07) is 16.2. The molecule has 0 unspecified atom stereocenters. The lowest BCUT2D eigenvalue weighted by molar-refractivity contribution is 1.47. The Labute approximate surface area is 106 Å². The number of rotatable bonds is 2. The smallest absolute Gasteiger partial charge is 0.195 e. The Morgan fingerprint density at radius 2 is 1.17 bits per heavy atom. The van der Waals surface area contributed by atoms with Gasteiger partial charge < -0.3 is 0 Å². The Bertz CT molecular complexity index is 667. The third-order valence-electron chi connectivity index (χ3n) is 3.26. The van der Waals surface area contributed by atoms with Crippen LogP contribution in [0.25, 0.3) is 22.3 Å². The van der Waals surface area contributed by atoms with Crippen molar-refractivity contribution in [3.8, 4) is 22.3 Å². The number of hydrogen-bond acceptors (Lipinski definition) is 1. The number of hydrogen-bond donors (Lipinski definition) is 0. The van der Waals surface area contributed by atoms with E-state index in [0.717, 1.165) is 22.3 Å². The Morgan fingerprint density at radius 1 is 0.722 bits per heavy atom. The highest BCUT2D eigenvalue weighted by Gasteiger charge is 2.24. The van der Waals surface area contributed by atoms with E-state index >= 15 is 0 Å². The highest BCUT2D eigenvalue weighted by molar-refractivity contribution is 5.94. The predicted octanol–water partition coefficient (Wildman–Crippen LogP) is 3.87. The standard InChI is InChI=1S/C17H14O/c1-11-5-3-7-13(9-11)15-16(17(15)18)14-8-4-6-12(2)10-14/h3-10H,1-2H3. The van der Waals surface area contributed by atoms with Crippen LogP contribution >= 0.6 is 0 Å². The van der Waals surface area contributed by atoms with Crippen molar-refractivity contribution in [2.45, 2.75) is 13.8 Å². The summed E-state index contributed by atoms with van der Waals surface area (Å²) in [6.07, 6.45) is 0. The van der Waals surface area contributed by atoms with Crippen LogP contribution in [0.1, 0.15) is 11.1 Å². The van der Waals surface area contributed by atoms with E-state index in [2.05, 4.69) is 12.1 Å². The Kier molecular flexibility index (Phi) is 2.41. The van der Waals surface area contributed by atoms with Gasteiger partial charge in [0.25, 0.3) is 0 Å². The summed E-state index contributed by atoms with van der Waals surface area (Å²) in [5.41, 5.74) is 6.39. The molecule has 0 fully saturated rings. The maximum atomic E-state index is 12.0. The van der Waals surface area contributed by atoms with Gasteiger partial charge in [0.2, 0.25) is 0 Å². The van der Waals surface area contributed by atoms with E-state index in [1.807, 2.05) is 50.2 Å². The molecule has 0 spiro atoms. The van der Waals surface area contributed by atoms with Crippen LogP contribution in [0.3, 0.4) is 0 Å². The van der Waals surface area contributed by atoms with Gasteiger partial charge in [-0.2, -0.15) is 0 Å². The lowest BCUT2D eigenvalue weighted by Crippen LogP contribution is -1.79. The fraction of sp³-hybridized carbons (Fsp3) is 0.118. The molecule has 0 amide bonds. The summed E-state index contributed by atoms with van der Waals surface area (Å²) in [6.45, 7) is 4.09. The average Bonchev–Trinajstić information content (AvgIpc) is 3.01. The lowest BCUT2D eigenvalue weighted by Gasteiger charge is -1.97. The Morgan fingerprint density at radius 3 is 1.56 bits per heavy atom. The predicted molar refractivity (Wildman–Crippen MR) is 75.4 cm³/mol. The van der Waals surface area contributed by atoms with Crippen LogP contribution in [0.15, 0.2) is 53.3 Å². The van der Waals surface area contributed by atoms with Crippen molar-refractivity contribution in [3.63, 3.8) is 0 Å². The minimum Gasteiger partial charge on any atom is -0.289 e. The largest absolute Gasteiger partial charge is 0.289 e. The summed E-state index contributed by atoms with van der Waals surface area (Å²) in [4.78, 5) is 12.0. The van der Waals surface area contributed by atoms with Gasteiger partial charge in [0.15, 0.2) is 5.43 Å². The van der Waals surface area contributed by atoms with Gasteiger partial charge in [0.05, 0.1) is 0 Å². The molecule has 3 aromatic carbocycles. The highest BCUT2D eigenvalue weighted by Crippen LogP contribution is 2.34. The summed E-state index contributed by atoms with van der Waals surface area (Å²) in [5, 5.41) is 0. The zero-order valence-electron chi connectivity index (χ0n) is 10.5. The van der Waals surface area contributed by atoms with E-state index in [0.29, 0.717) is 0 Å². The van der Waals surface area contributed by atoms with E-state index < -0.39 is 0 Å². The SMILES string of the molecule is Cc1cccc(-c2c(-c3cccc(C)c3)c2=O)c1. The van der Waals surface area contributed by atoms with Gasteiger partial charge in [0.1, 0.15) is 0 Å². The van der Waals surface area contributed by atoms with Crippen LogP contribution in [0.2, 0.25) is 0 Å². The molecule has 0 aliphatic carbocycles. The van der Waals surface area contributed by atoms with Crippen molar-refractivity contribution in [2.24, 2.45) is 0 Å². The Balaban J connectivity index is 2.06. The Hall–Kier alpha value is -2.15. The zero-order chi connectivity index (χ0) is 12.7. The van der Waals surface area contributed by atoms with Gasteiger partial charge in [-0.3, -0.25) is 4.79 Å². The molecule has 0 bridgehead atoms. The third-order valence-corrected chi connectivity index (χ3v) is 3.26. The molecule has 0 atom stereocenters.